The highest BCUT2D eigenvalue weighted by atomic mass is 16.3. The van der Waals surface area contributed by atoms with E-state index in [1.54, 1.807) is 0 Å². The molecule has 1 heteroatoms. The molecule has 0 atom stereocenters. The van der Waals surface area contributed by atoms with Crippen molar-refractivity contribution in [1.82, 2.24) is 0 Å². The molecule has 0 aliphatic carbocycles. The van der Waals surface area contributed by atoms with E-state index >= 15 is 0 Å². The first-order valence-electron chi connectivity index (χ1n) is 14.5. The lowest BCUT2D eigenvalue weighted by Gasteiger charge is -2.18. The molecule has 0 aliphatic heterocycles. The van der Waals surface area contributed by atoms with Crippen molar-refractivity contribution in [3.8, 4) is 33.4 Å². The highest BCUT2D eigenvalue weighted by Crippen LogP contribution is 2.44. The quantitative estimate of drug-likeness (QED) is 0.205. The Balaban J connectivity index is 1.28. The second kappa shape index (κ2) is 8.80. The average molecular weight is 535 g/mol. The number of hydrogen-bond acceptors (Lipinski definition) is 1. The third-order valence-electron chi connectivity index (χ3n) is 8.93. The predicted octanol–water partition coefficient (Wildman–Crippen LogP) is 11.8. The Kier molecular flexibility index (Phi) is 4.88. The molecule has 0 spiro atoms. The first-order chi connectivity index (χ1) is 20.7. The molecule has 1 nitrogen and oxygen atoms in total. The Labute approximate surface area is 243 Å². The lowest BCUT2D eigenvalue weighted by atomic mass is 9.85. The smallest absolute Gasteiger partial charge is 0.136 e. The van der Waals surface area contributed by atoms with E-state index in [1.165, 1.54) is 65.7 Å². The van der Waals surface area contributed by atoms with Gasteiger partial charge in [-0.3, -0.25) is 0 Å². The summed E-state index contributed by atoms with van der Waals surface area (Å²) >= 11 is 0. The van der Waals surface area contributed by atoms with Crippen LogP contribution in [0.1, 0.15) is 5.56 Å². The molecule has 196 valence electrons. The molecule has 0 N–H and O–H groups in total. The van der Waals surface area contributed by atoms with Crippen LogP contribution in [-0.4, -0.2) is 0 Å². The third-order valence-corrected chi connectivity index (χ3v) is 8.93. The lowest BCUT2D eigenvalue weighted by molar-refractivity contribution is 0.669. The third kappa shape index (κ3) is 3.37. The molecule has 42 heavy (non-hydrogen) atoms. The second-order valence-electron chi connectivity index (χ2n) is 11.4. The highest BCUT2D eigenvalue weighted by Gasteiger charge is 2.17. The van der Waals surface area contributed by atoms with Crippen LogP contribution in [0, 0.1) is 6.92 Å². The second-order valence-corrected chi connectivity index (χ2v) is 11.4. The minimum atomic E-state index is 0.919. The first kappa shape index (κ1) is 23.3. The van der Waals surface area contributed by atoms with E-state index in [9.17, 15) is 0 Å². The molecule has 0 saturated carbocycles. The molecule has 9 aromatic rings. The monoisotopic (exact) mass is 534 g/mol. The zero-order chi connectivity index (χ0) is 27.8. The van der Waals surface area contributed by atoms with Gasteiger partial charge in [0, 0.05) is 10.8 Å². The summed E-state index contributed by atoms with van der Waals surface area (Å²) in [4.78, 5) is 0. The van der Waals surface area contributed by atoms with Crippen LogP contribution in [0.25, 0.3) is 87.6 Å². The summed E-state index contributed by atoms with van der Waals surface area (Å²) in [5.74, 6) is 0. The van der Waals surface area contributed by atoms with E-state index in [0.29, 0.717) is 0 Å². The van der Waals surface area contributed by atoms with Crippen LogP contribution in [0.4, 0.5) is 0 Å². The van der Waals surface area contributed by atoms with Gasteiger partial charge in [-0.25, -0.2) is 0 Å². The number of hydrogen-bond donors (Lipinski definition) is 0. The highest BCUT2D eigenvalue weighted by molar-refractivity contribution is 6.27. The largest absolute Gasteiger partial charge is 0.456 e. The van der Waals surface area contributed by atoms with Crippen LogP contribution in [0.2, 0.25) is 0 Å². The van der Waals surface area contributed by atoms with Gasteiger partial charge in [0.05, 0.1) is 0 Å². The maximum atomic E-state index is 6.26. The minimum Gasteiger partial charge on any atom is -0.456 e. The molecular weight excluding hydrogens is 508 g/mol. The molecule has 0 saturated heterocycles. The van der Waals surface area contributed by atoms with Gasteiger partial charge in [0.1, 0.15) is 11.2 Å². The van der Waals surface area contributed by atoms with Crippen molar-refractivity contribution in [2.45, 2.75) is 6.92 Å². The van der Waals surface area contributed by atoms with E-state index in [0.717, 1.165) is 27.5 Å². The van der Waals surface area contributed by atoms with E-state index in [-0.39, 0.29) is 0 Å². The van der Waals surface area contributed by atoms with Gasteiger partial charge in [-0.05, 0) is 90.8 Å². The van der Waals surface area contributed by atoms with Gasteiger partial charge in [0.25, 0.3) is 0 Å². The van der Waals surface area contributed by atoms with Crippen LogP contribution >= 0.6 is 0 Å². The summed E-state index contributed by atoms with van der Waals surface area (Å²) in [5, 5.41) is 10.1. The number of para-hydroxylation sites is 1. The molecule has 0 radical (unpaired) electrons. The SMILES string of the molecule is Cc1ccc(-c2ccc3ccc4c(-c5ccccc5-c5ccc6c(c5)oc5ccccc56)ccc5ccc2c3c54)cc1. The maximum Gasteiger partial charge on any atom is 0.136 e. The van der Waals surface area contributed by atoms with Gasteiger partial charge in [0.2, 0.25) is 0 Å². The molecule has 9 rings (SSSR count). The Morgan fingerprint density at radius 1 is 0.381 bits per heavy atom. The van der Waals surface area contributed by atoms with Crippen molar-refractivity contribution in [3.63, 3.8) is 0 Å². The van der Waals surface area contributed by atoms with Gasteiger partial charge in [-0.1, -0.05) is 127 Å². The predicted molar refractivity (Wildman–Crippen MR) is 178 cm³/mol. The van der Waals surface area contributed by atoms with Crippen LogP contribution in [-0.2, 0) is 0 Å². The molecule has 0 amide bonds. The lowest BCUT2D eigenvalue weighted by Crippen LogP contribution is -1.91. The molecule has 1 heterocycles. The fraction of sp³-hybridized carbons (Fsp3) is 0.0244. The van der Waals surface area contributed by atoms with Crippen molar-refractivity contribution in [1.29, 1.82) is 0 Å². The van der Waals surface area contributed by atoms with Crippen molar-refractivity contribution in [2.75, 3.05) is 0 Å². The van der Waals surface area contributed by atoms with Gasteiger partial charge in [0.15, 0.2) is 0 Å². The normalized spacial score (nSPS) is 11.9. The standard InChI is InChI=1S/C41H26O/c1-25-10-12-26(13-11-25)31-19-14-27-17-23-37-33(20-15-28-16-22-36(31)40(27)41(28)37)32-7-3-2-6-30(32)29-18-21-35-34-8-4-5-9-38(34)42-39(35)24-29/h2-24H,1H3. The molecule has 1 aromatic heterocycles. The Morgan fingerprint density at radius 3 is 1.74 bits per heavy atom. The topological polar surface area (TPSA) is 13.1 Å². The Bertz CT molecular complexity index is 2460. The van der Waals surface area contributed by atoms with Gasteiger partial charge in [-0.15, -0.1) is 0 Å². The molecule has 0 aliphatic rings. The number of fused-ring (bicyclic) bond motifs is 3. The zero-order valence-corrected chi connectivity index (χ0v) is 23.2. The first-order valence-corrected chi connectivity index (χ1v) is 14.5. The number of furan rings is 1. The molecule has 0 fully saturated rings. The molecule has 8 aromatic carbocycles. The zero-order valence-electron chi connectivity index (χ0n) is 23.2. The van der Waals surface area contributed by atoms with Crippen molar-refractivity contribution in [2.24, 2.45) is 0 Å². The summed E-state index contributed by atoms with van der Waals surface area (Å²) in [6.07, 6.45) is 0. The summed E-state index contributed by atoms with van der Waals surface area (Å²) in [6.45, 7) is 2.14. The van der Waals surface area contributed by atoms with Gasteiger partial charge >= 0.3 is 0 Å². The van der Waals surface area contributed by atoms with Crippen LogP contribution in [0.5, 0.6) is 0 Å². The van der Waals surface area contributed by atoms with Crippen LogP contribution < -0.4 is 0 Å². The summed E-state index contributed by atoms with van der Waals surface area (Å²) < 4.78 is 6.26. The number of rotatable bonds is 3. The molecule has 0 bridgehead atoms. The average Bonchev–Trinajstić information content (AvgIpc) is 3.42. The summed E-state index contributed by atoms with van der Waals surface area (Å²) in [7, 11) is 0. The Hall–Kier alpha value is -5.40. The van der Waals surface area contributed by atoms with Crippen molar-refractivity contribution >= 4 is 54.3 Å². The van der Waals surface area contributed by atoms with Gasteiger partial charge < -0.3 is 4.42 Å². The van der Waals surface area contributed by atoms with E-state index in [1.807, 2.05) is 12.1 Å². The minimum absolute atomic E-state index is 0.919. The van der Waals surface area contributed by atoms with Crippen LogP contribution in [0.3, 0.4) is 0 Å². The number of aryl methyl sites for hydroxylation is 1. The van der Waals surface area contributed by atoms with E-state index < -0.39 is 0 Å². The fourth-order valence-corrected chi connectivity index (χ4v) is 6.88. The van der Waals surface area contributed by atoms with Gasteiger partial charge in [-0.2, -0.15) is 0 Å². The Morgan fingerprint density at radius 2 is 0.952 bits per heavy atom. The van der Waals surface area contributed by atoms with E-state index in [4.69, 9.17) is 4.42 Å². The molecule has 0 unspecified atom stereocenters. The van der Waals surface area contributed by atoms with Crippen molar-refractivity contribution in [3.05, 3.63) is 145 Å². The van der Waals surface area contributed by atoms with E-state index in [2.05, 4.69) is 134 Å². The number of benzene rings is 8. The van der Waals surface area contributed by atoms with Crippen molar-refractivity contribution < 1.29 is 4.42 Å². The summed E-state index contributed by atoms with van der Waals surface area (Å²) in [6, 6.07) is 50.8. The van der Waals surface area contributed by atoms with Crippen LogP contribution in [0.15, 0.2) is 144 Å². The maximum absolute atomic E-state index is 6.26. The molecular formula is C41H26O. The summed E-state index contributed by atoms with van der Waals surface area (Å²) in [5.41, 5.74) is 10.5. The fourth-order valence-electron chi connectivity index (χ4n) is 6.88.